The van der Waals surface area contributed by atoms with Gasteiger partial charge in [0.25, 0.3) is 0 Å². The lowest BCUT2D eigenvalue weighted by atomic mass is 10.1. The summed E-state index contributed by atoms with van der Waals surface area (Å²) in [7, 11) is 4.21. The van der Waals surface area contributed by atoms with Gasteiger partial charge in [0.15, 0.2) is 0 Å². The summed E-state index contributed by atoms with van der Waals surface area (Å²) in [5, 5.41) is 4.09. The molecule has 1 aromatic carbocycles. The second-order valence-electron chi connectivity index (χ2n) is 5.17. The van der Waals surface area contributed by atoms with E-state index in [1.54, 1.807) is 0 Å². The van der Waals surface area contributed by atoms with Gasteiger partial charge in [-0.15, -0.1) is 0 Å². The fraction of sp³-hybridized carbons (Fsp3) is 0.571. The van der Waals surface area contributed by atoms with Crippen molar-refractivity contribution in [3.05, 3.63) is 29.3 Å². The van der Waals surface area contributed by atoms with Crippen molar-refractivity contribution in [1.82, 2.24) is 10.2 Å². The topological polar surface area (TPSA) is 18.5 Å². The second kappa shape index (κ2) is 5.91. The highest BCUT2D eigenvalue weighted by atomic mass is 35.5. The highest BCUT2D eigenvalue weighted by Crippen LogP contribution is 2.25. The van der Waals surface area contributed by atoms with Crippen molar-refractivity contribution in [2.45, 2.75) is 19.0 Å². The minimum Gasteiger partial charge on any atom is -0.362 e. The van der Waals surface area contributed by atoms with E-state index in [1.165, 1.54) is 5.69 Å². The summed E-state index contributed by atoms with van der Waals surface area (Å²) in [5.41, 5.74) is 1.26. The number of hydrogen-bond acceptors (Lipinski definition) is 3. The Bertz CT molecular complexity index is 379. The molecule has 0 aliphatic carbocycles. The molecule has 1 aromatic rings. The Morgan fingerprint density at radius 3 is 2.56 bits per heavy atom. The van der Waals surface area contributed by atoms with Crippen molar-refractivity contribution in [1.29, 1.82) is 0 Å². The number of halogens is 1. The van der Waals surface area contributed by atoms with Gasteiger partial charge in [0, 0.05) is 36.4 Å². The minimum absolute atomic E-state index is 0.505. The molecule has 2 unspecified atom stereocenters. The molecule has 4 heteroatoms. The van der Waals surface area contributed by atoms with Crippen molar-refractivity contribution in [3.8, 4) is 0 Å². The predicted octanol–water partition coefficient (Wildman–Crippen LogP) is 2.07. The number of piperazine rings is 1. The summed E-state index contributed by atoms with van der Waals surface area (Å²) in [6.45, 7) is 5.47. The molecule has 1 aliphatic rings. The summed E-state index contributed by atoms with van der Waals surface area (Å²) < 4.78 is 0. The van der Waals surface area contributed by atoms with Gasteiger partial charge in [-0.3, -0.25) is 0 Å². The van der Waals surface area contributed by atoms with E-state index in [0.717, 1.165) is 24.7 Å². The van der Waals surface area contributed by atoms with Crippen LogP contribution in [0.5, 0.6) is 0 Å². The molecule has 1 heterocycles. The first-order chi connectivity index (χ1) is 8.61. The zero-order valence-electron chi connectivity index (χ0n) is 11.4. The van der Waals surface area contributed by atoms with Crippen molar-refractivity contribution >= 4 is 17.3 Å². The van der Waals surface area contributed by atoms with E-state index in [0.29, 0.717) is 12.1 Å². The Balaban J connectivity index is 2.23. The average molecular weight is 268 g/mol. The number of nitrogens with one attached hydrogen (secondary N) is 1. The Morgan fingerprint density at radius 2 is 1.94 bits per heavy atom. The molecule has 0 amide bonds. The van der Waals surface area contributed by atoms with Gasteiger partial charge in [0.1, 0.15) is 0 Å². The smallest absolute Gasteiger partial charge is 0.0544 e. The Labute approximate surface area is 115 Å². The standard InChI is InChI=1S/C14H22ClN3/c1-11-9-17(3)10-14(8-16-2)18(11)13-6-4-12(15)5-7-13/h4-7,11,14,16H,8-10H2,1-3H3. The highest BCUT2D eigenvalue weighted by Gasteiger charge is 2.30. The molecule has 2 rings (SSSR count). The lowest BCUT2D eigenvalue weighted by molar-refractivity contribution is 0.231. The largest absolute Gasteiger partial charge is 0.362 e. The van der Waals surface area contributed by atoms with E-state index in [2.05, 4.69) is 41.2 Å². The molecule has 100 valence electrons. The first-order valence-corrected chi connectivity index (χ1v) is 6.86. The summed E-state index contributed by atoms with van der Waals surface area (Å²) in [5.74, 6) is 0. The maximum absolute atomic E-state index is 5.97. The van der Waals surface area contributed by atoms with Gasteiger partial charge in [0.05, 0.1) is 6.04 Å². The van der Waals surface area contributed by atoms with Crippen molar-refractivity contribution < 1.29 is 0 Å². The van der Waals surface area contributed by atoms with Crippen LogP contribution in [0.3, 0.4) is 0 Å². The molecule has 0 spiro atoms. The van der Waals surface area contributed by atoms with Crippen molar-refractivity contribution in [3.63, 3.8) is 0 Å². The van der Waals surface area contributed by atoms with Crippen LogP contribution in [0.4, 0.5) is 5.69 Å². The van der Waals surface area contributed by atoms with Gasteiger partial charge in [0.2, 0.25) is 0 Å². The zero-order chi connectivity index (χ0) is 13.1. The molecule has 1 aliphatic heterocycles. The molecule has 0 radical (unpaired) electrons. The number of anilines is 1. The van der Waals surface area contributed by atoms with Crippen LogP contribution < -0.4 is 10.2 Å². The molecule has 18 heavy (non-hydrogen) atoms. The van der Waals surface area contributed by atoms with Crippen LogP contribution in [-0.2, 0) is 0 Å². The third-order valence-corrected chi connectivity index (χ3v) is 3.78. The molecule has 0 bridgehead atoms. The monoisotopic (exact) mass is 267 g/mol. The SMILES string of the molecule is CNCC1CN(C)CC(C)N1c1ccc(Cl)cc1. The maximum atomic E-state index is 5.97. The minimum atomic E-state index is 0.505. The molecule has 1 saturated heterocycles. The molecule has 0 aromatic heterocycles. The van der Waals surface area contributed by atoms with Gasteiger partial charge in [-0.25, -0.2) is 0 Å². The third kappa shape index (κ3) is 2.97. The van der Waals surface area contributed by atoms with Gasteiger partial charge in [-0.05, 0) is 45.3 Å². The molecule has 3 nitrogen and oxygen atoms in total. The van der Waals surface area contributed by atoms with Gasteiger partial charge in [-0.2, -0.15) is 0 Å². The van der Waals surface area contributed by atoms with Crippen molar-refractivity contribution in [2.75, 3.05) is 38.6 Å². The highest BCUT2D eigenvalue weighted by molar-refractivity contribution is 6.30. The third-order valence-electron chi connectivity index (χ3n) is 3.53. The van der Waals surface area contributed by atoms with Crippen LogP contribution in [0, 0.1) is 0 Å². The lowest BCUT2D eigenvalue weighted by Gasteiger charge is -2.46. The number of rotatable bonds is 3. The first-order valence-electron chi connectivity index (χ1n) is 6.49. The van der Waals surface area contributed by atoms with Crippen LogP contribution in [-0.4, -0.2) is 50.7 Å². The fourth-order valence-electron chi connectivity index (χ4n) is 2.90. The quantitative estimate of drug-likeness (QED) is 0.905. The van der Waals surface area contributed by atoms with E-state index in [9.17, 15) is 0 Å². The number of likely N-dealkylation sites (N-methyl/N-ethyl adjacent to an activating group) is 2. The molecule has 1 N–H and O–H groups in total. The van der Waals surface area contributed by atoms with E-state index in [1.807, 2.05) is 19.2 Å². The molecule has 0 saturated carbocycles. The molecule has 1 fully saturated rings. The van der Waals surface area contributed by atoms with Crippen LogP contribution in [0.1, 0.15) is 6.92 Å². The zero-order valence-corrected chi connectivity index (χ0v) is 12.1. The van der Waals surface area contributed by atoms with Crippen LogP contribution in [0.2, 0.25) is 5.02 Å². The normalized spacial score (nSPS) is 25.4. The van der Waals surface area contributed by atoms with E-state index in [4.69, 9.17) is 11.6 Å². The van der Waals surface area contributed by atoms with Crippen molar-refractivity contribution in [2.24, 2.45) is 0 Å². The average Bonchev–Trinajstić information content (AvgIpc) is 2.31. The van der Waals surface area contributed by atoms with Crippen LogP contribution >= 0.6 is 11.6 Å². The first kappa shape index (κ1) is 13.7. The number of hydrogen-bond donors (Lipinski definition) is 1. The molecular formula is C14H22ClN3. The number of nitrogens with zero attached hydrogens (tertiary/aromatic N) is 2. The maximum Gasteiger partial charge on any atom is 0.0544 e. The van der Waals surface area contributed by atoms with E-state index < -0.39 is 0 Å². The Kier molecular flexibility index (Phi) is 4.49. The summed E-state index contributed by atoms with van der Waals surface area (Å²) in [6.07, 6.45) is 0. The summed E-state index contributed by atoms with van der Waals surface area (Å²) >= 11 is 5.97. The van der Waals surface area contributed by atoms with Gasteiger partial charge < -0.3 is 15.1 Å². The van der Waals surface area contributed by atoms with Gasteiger partial charge >= 0.3 is 0 Å². The summed E-state index contributed by atoms with van der Waals surface area (Å²) in [6, 6.07) is 9.20. The predicted molar refractivity (Wildman–Crippen MR) is 78.6 cm³/mol. The number of benzene rings is 1. The Hall–Kier alpha value is -0.770. The molecular weight excluding hydrogens is 246 g/mol. The van der Waals surface area contributed by atoms with Gasteiger partial charge in [-0.1, -0.05) is 11.6 Å². The Morgan fingerprint density at radius 1 is 1.28 bits per heavy atom. The molecule has 2 atom stereocenters. The van der Waals surface area contributed by atoms with Crippen LogP contribution in [0.25, 0.3) is 0 Å². The lowest BCUT2D eigenvalue weighted by Crippen LogP contribution is -2.59. The van der Waals surface area contributed by atoms with Crippen LogP contribution in [0.15, 0.2) is 24.3 Å². The summed E-state index contributed by atoms with van der Waals surface area (Å²) in [4.78, 5) is 4.91. The van der Waals surface area contributed by atoms with E-state index in [-0.39, 0.29) is 0 Å². The fourth-order valence-corrected chi connectivity index (χ4v) is 3.02. The van der Waals surface area contributed by atoms with E-state index >= 15 is 0 Å². The second-order valence-corrected chi connectivity index (χ2v) is 5.60.